The summed E-state index contributed by atoms with van der Waals surface area (Å²) in [6, 6.07) is 9.10. The van der Waals surface area contributed by atoms with Gasteiger partial charge in [0.05, 0.1) is 12.5 Å². The van der Waals surface area contributed by atoms with Crippen LogP contribution in [0.15, 0.2) is 24.3 Å². The van der Waals surface area contributed by atoms with E-state index in [1.807, 2.05) is 0 Å². The Labute approximate surface area is 135 Å². The topological polar surface area (TPSA) is 26.3 Å². The first-order chi connectivity index (χ1) is 10.8. The van der Waals surface area contributed by atoms with Gasteiger partial charge in [0.15, 0.2) is 0 Å². The van der Waals surface area contributed by atoms with Crippen LogP contribution < -0.4 is 0 Å². The van der Waals surface area contributed by atoms with Crippen LogP contribution in [0.4, 0.5) is 0 Å². The molecule has 1 aromatic rings. The lowest BCUT2D eigenvalue weighted by Gasteiger charge is -2.20. The van der Waals surface area contributed by atoms with Crippen molar-refractivity contribution in [3.8, 4) is 0 Å². The molecule has 2 nitrogen and oxygen atoms in total. The van der Waals surface area contributed by atoms with Gasteiger partial charge in [-0.05, 0) is 49.7 Å². The Hall–Kier alpha value is -1.31. The predicted octanol–water partition coefficient (Wildman–Crippen LogP) is 5.09. The molecule has 0 amide bonds. The van der Waals surface area contributed by atoms with Crippen molar-refractivity contribution in [2.75, 3.05) is 6.61 Å². The van der Waals surface area contributed by atoms with Gasteiger partial charge in [0.2, 0.25) is 0 Å². The Morgan fingerprint density at radius 1 is 1.00 bits per heavy atom. The summed E-state index contributed by atoms with van der Waals surface area (Å²) >= 11 is 0. The Bertz CT molecular complexity index is 436. The quantitative estimate of drug-likeness (QED) is 0.469. The van der Waals surface area contributed by atoms with E-state index in [-0.39, 0.29) is 11.9 Å². The number of cyclic esters (lactones) is 1. The minimum Gasteiger partial charge on any atom is -0.465 e. The summed E-state index contributed by atoms with van der Waals surface area (Å²) in [5, 5.41) is 0. The number of ether oxygens (including phenoxy) is 1. The lowest BCUT2D eigenvalue weighted by Crippen LogP contribution is -2.23. The normalized spacial score (nSPS) is 18.2. The third-order valence-electron chi connectivity index (χ3n) is 4.60. The molecular formula is C20H30O2. The van der Waals surface area contributed by atoms with E-state index >= 15 is 0 Å². The smallest absolute Gasteiger partial charge is 0.308 e. The maximum Gasteiger partial charge on any atom is 0.308 e. The predicted molar refractivity (Wildman–Crippen MR) is 90.9 cm³/mol. The van der Waals surface area contributed by atoms with Crippen LogP contribution in [0.1, 0.15) is 69.4 Å². The Morgan fingerprint density at radius 2 is 1.68 bits per heavy atom. The second kappa shape index (κ2) is 9.66. The summed E-state index contributed by atoms with van der Waals surface area (Å²) in [6.07, 6.45) is 11.6. The fourth-order valence-electron chi connectivity index (χ4n) is 3.24. The van der Waals surface area contributed by atoms with E-state index < -0.39 is 0 Å². The zero-order valence-electron chi connectivity index (χ0n) is 14.0. The van der Waals surface area contributed by atoms with Crippen molar-refractivity contribution in [1.29, 1.82) is 0 Å². The van der Waals surface area contributed by atoms with Crippen molar-refractivity contribution in [2.24, 2.45) is 5.92 Å². The maximum absolute atomic E-state index is 11.6. The summed E-state index contributed by atoms with van der Waals surface area (Å²) in [7, 11) is 0. The summed E-state index contributed by atoms with van der Waals surface area (Å²) in [5.74, 6) is 0.221. The van der Waals surface area contributed by atoms with Gasteiger partial charge in [-0.2, -0.15) is 0 Å². The molecule has 0 radical (unpaired) electrons. The van der Waals surface area contributed by atoms with Crippen molar-refractivity contribution in [3.63, 3.8) is 0 Å². The van der Waals surface area contributed by atoms with Crippen LogP contribution in [-0.2, 0) is 22.4 Å². The van der Waals surface area contributed by atoms with E-state index in [0.717, 1.165) is 25.7 Å². The van der Waals surface area contributed by atoms with Crippen LogP contribution in [0.2, 0.25) is 0 Å². The minimum atomic E-state index is 0.0402. The number of hydrogen-bond acceptors (Lipinski definition) is 2. The summed E-state index contributed by atoms with van der Waals surface area (Å²) in [4.78, 5) is 11.6. The zero-order chi connectivity index (χ0) is 15.6. The SMILES string of the molecule is CCCc1ccc(CCCCCCC2CCCOC2=O)cc1. The standard InChI is InChI=1S/C20H30O2/c1-2-8-17-12-14-18(15-13-17)9-5-3-4-6-10-19-11-7-16-22-20(19)21/h12-15,19H,2-11,16H2,1H3. The third kappa shape index (κ3) is 5.82. The zero-order valence-corrected chi connectivity index (χ0v) is 14.0. The van der Waals surface area contributed by atoms with Crippen LogP contribution in [-0.4, -0.2) is 12.6 Å². The Morgan fingerprint density at radius 3 is 2.36 bits per heavy atom. The van der Waals surface area contributed by atoms with E-state index in [4.69, 9.17) is 4.74 Å². The van der Waals surface area contributed by atoms with Crippen molar-refractivity contribution >= 4 is 5.97 Å². The average Bonchev–Trinajstić information content (AvgIpc) is 2.54. The highest BCUT2D eigenvalue weighted by atomic mass is 16.5. The van der Waals surface area contributed by atoms with Gasteiger partial charge in [-0.15, -0.1) is 0 Å². The van der Waals surface area contributed by atoms with Gasteiger partial charge >= 0.3 is 5.97 Å². The lowest BCUT2D eigenvalue weighted by molar-refractivity contribution is -0.153. The van der Waals surface area contributed by atoms with E-state index in [9.17, 15) is 4.79 Å². The number of esters is 1. The van der Waals surface area contributed by atoms with Gasteiger partial charge in [-0.3, -0.25) is 4.79 Å². The van der Waals surface area contributed by atoms with Gasteiger partial charge in [0.1, 0.15) is 0 Å². The van der Waals surface area contributed by atoms with E-state index in [2.05, 4.69) is 31.2 Å². The molecule has 1 aliphatic rings. The molecule has 0 N–H and O–H groups in total. The molecule has 1 aliphatic heterocycles. The molecule has 0 bridgehead atoms. The molecule has 22 heavy (non-hydrogen) atoms. The number of carbonyl (C=O) groups excluding carboxylic acids is 1. The third-order valence-corrected chi connectivity index (χ3v) is 4.60. The second-order valence-corrected chi connectivity index (χ2v) is 6.53. The van der Waals surface area contributed by atoms with Crippen LogP contribution in [0, 0.1) is 5.92 Å². The molecular weight excluding hydrogens is 272 g/mol. The van der Waals surface area contributed by atoms with Gasteiger partial charge in [-0.1, -0.05) is 56.9 Å². The van der Waals surface area contributed by atoms with Crippen LogP contribution in [0.3, 0.4) is 0 Å². The van der Waals surface area contributed by atoms with E-state index in [1.165, 1.54) is 49.7 Å². The van der Waals surface area contributed by atoms with Gasteiger partial charge in [0, 0.05) is 0 Å². The monoisotopic (exact) mass is 302 g/mol. The van der Waals surface area contributed by atoms with Gasteiger partial charge in [0.25, 0.3) is 0 Å². The number of hydrogen-bond donors (Lipinski definition) is 0. The van der Waals surface area contributed by atoms with E-state index in [1.54, 1.807) is 0 Å². The highest BCUT2D eigenvalue weighted by molar-refractivity contribution is 5.72. The summed E-state index contributed by atoms with van der Waals surface area (Å²) in [5.41, 5.74) is 2.90. The number of benzene rings is 1. The molecule has 1 atom stereocenters. The molecule has 1 saturated heterocycles. The highest BCUT2D eigenvalue weighted by Gasteiger charge is 2.22. The number of carbonyl (C=O) groups is 1. The molecule has 2 heteroatoms. The van der Waals surface area contributed by atoms with Crippen molar-refractivity contribution in [3.05, 3.63) is 35.4 Å². The maximum atomic E-state index is 11.6. The van der Waals surface area contributed by atoms with Crippen molar-refractivity contribution < 1.29 is 9.53 Å². The fraction of sp³-hybridized carbons (Fsp3) is 0.650. The molecule has 0 aliphatic carbocycles. The summed E-state index contributed by atoms with van der Waals surface area (Å²) in [6.45, 7) is 2.85. The molecule has 0 spiro atoms. The van der Waals surface area contributed by atoms with Crippen LogP contribution >= 0.6 is 0 Å². The first kappa shape index (κ1) is 17.1. The molecule has 1 heterocycles. The average molecular weight is 302 g/mol. The summed E-state index contributed by atoms with van der Waals surface area (Å²) < 4.78 is 5.11. The van der Waals surface area contributed by atoms with Crippen LogP contribution in [0.5, 0.6) is 0 Å². The lowest BCUT2D eigenvalue weighted by atomic mass is 9.94. The molecule has 1 fully saturated rings. The second-order valence-electron chi connectivity index (χ2n) is 6.53. The first-order valence-corrected chi connectivity index (χ1v) is 9.04. The molecule has 0 aromatic heterocycles. The Balaban J connectivity index is 1.54. The Kier molecular flexibility index (Phi) is 7.48. The number of rotatable bonds is 9. The van der Waals surface area contributed by atoms with E-state index in [0.29, 0.717) is 6.61 Å². The fourth-order valence-corrected chi connectivity index (χ4v) is 3.24. The molecule has 0 saturated carbocycles. The molecule has 122 valence electrons. The number of unbranched alkanes of at least 4 members (excludes halogenated alkanes) is 3. The minimum absolute atomic E-state index is 0.0402. The molecule has 1 aromatic carbocycles. The highest BCUT2D eigenvalue weighted by Crippen LogP contribution is 2.21. The van der Waals surface area contributed by atoms with Crippen LogP contribution in [0.25, 0.3) is 0 Å². The molecule has 2 rings (SSSR count). The van der Waals surface area contributed by atoms with Gasteiger partial charge in [-0.25, -0.2) is 0 Å². The van der Waals surface area contributed by atoms with Gasteiger partial charge < -0.3 is 4.74 Å². The first-order valence-electron chi connectivity index (χ1n) is 9.04. The van der Waals surface area contributed by atoms with Crippen molar-refractivity contribution in [2.45, 2.75) is 71.1 Å². The molecule has 1 unspecified atom stereocenters. The number of aryl methyl sites for hydroxylation is 2. The largest absolute Gasteiger partial charge is 0.465 e. The van der Waals surface area contributed by atoms with Crippen molar-refractivity contribution in [1.82, 2.24) is 0 Å².